The lowest BCUT2D eigenvalue weighted by molar-refractivity contribution is 0.331. The summed E-state index contributed by atoms with van der Waals surface area (Å²) in [7, 11) is 0. The Morgan fingerprint density at radius 3 is 2.67 bits per heavy atom. The Morgan fingerprint density at radius 2 is 1.71 bits per heavy atom. The number of benzene rings is 1. The molecular weight excluding hydrogens is 579 g/mol. The van der Waals surface area contributed by atoms with Gasteiger partial charge in [0.25, 0.3) is 0 Å². The smallest absolute Gasteiger partial charge is 0.0537 e. The average Bonchev–Trinajstić information content (AvgIpc) is 3.58. The average molecular weight is 626 g/mol. The molecule has 8 aliphatic carbocycles. The van der Waals surface area contributed by atoms with Gasteiger partial charge in [0, 0.05) is 22.7 Å². The van der Waals surface area contributed by atoms with Gasteiger partial charge in [-0.25, -0.2) is 0 Å². The number of nitrogens with zero attached hydrogens (tertiary/aromatic N) is 1. The van der Waals surface area contributed by atoms with E-state index in [4.69, 9.17) is 0 Å². The van der Waals surface area contributed by atoms with E-state index in [1.807, 2.05) is 0 Å². The number of para-hydroxylation sites is 1. The third-order valence-electron chi connectivity index (χ3n) is 13.3. The van der Waals surface area contributed by atoms with E-state index in [1.165, 1.54) is 91.2 Å². The normalized spacial score (nSPS) is 28.4. The number of hydrogen-bond acceptors (Lipinski definition) is 0. The number of allylic oxidation sites excluding steroid dienone is 21. The van der Waals surface area contributed by atoms with Crippen LogP contribution in [0.15, 0.2) is 141 Å². The van der Waals surface area contributed by atoms with Gasteiger partial charge in [0.2, 0.25) is 0 Å². The molecule has 1 heterocycles. The highest BCUT2D eigenvalue weighted by Crippen LogP contribution is 2.58. The van der Waals surface area contributed by atoms with Crippen molar-refractivity contribution in [3.8, 4) is 0 Å². The lowest BCUT2D eigenvalue weighted by atomic mass is 9.69. The monoisotopic (exact) mass is 625 g/mol. The van der Waals surface area contributed by atoms with Gasteiger partial charge in [0.1, 0.15) is 0 Å². The van der Waals surface area contributed by atoms with Gasteiger partial charge in [-0.15, -0.1) is 0 Å². The Hall–Kier alpha value is -4.10. The van der Waals surface area contributed by atoms with Crippen molar-refractivity contribution in [2.75, 3.05) is 0 Å². The van der Waals surface area contributed by atoms with E-state index in [9.17, 15) is 0 Å². The zero-order chi connectivity index (χ0) is 32.0. The Morgan fingerprint density at radius 1 is 0.792 bits per heavy atom. The first-order valence-electron chi connectivity index (χ1n) is 18.9. The molecule has 3 unspecified atom stereocenters. The molecule has 1 nitrogen and oxygen atoms in total. The minimum Gasteiger partial charge on any atom is -0.310 e. The van der Waals surface area contributed by atoms with Gasteiger partial charge in [-0.2, -0.15) is 0 Å². The van der Waals surface area contributed by atoms with Gasteiger partial charge in [0.05, 0.1) is 5.52 Å². The molecule has 8 aliphatic rings. The molecule has 0 fully saturated rings. The second kappa shape index (κ2) is 11.0. The highest BCUT2D eigenvalue weighted by molar-refractivity contribution is 5.93. The van der Waals surface area contributed by atoms with Crippen LogP contribution in [-0.2, 0) is 6.42 Å². The Bertz CT molecular complexity index is 2130. The lowest BCUT2D eigenvalue weighted by Gasteiger charge is -2.34. The summed E-state index contributed by atoms with van der Waals surface area (Å²) < 4.78 is 2.56. The molecule has 1 aromatic heterocycles. The van der Waals surface area contributed by atoms with Crippen LogP contribution in [0.5, 0.6) is 0 Å². The summed E-state index contributed by atoms with van der Waals surface area (Å²) in [5.74, 6) is 1.75. The SMILES string of the molecule is CC1(C)C2=C(CCC(C3C=Cc4c(c5ccccc5n4C4=CCC5CCC=CC5=C4)C3)=C2)C2=CC=C(C3=CC4=C(C=CCC4)CC3)CC21. The molecule has 10 rings (SSSR count). The minimum absolute atomic E-state index is 0.158. The van der Waals surface area contributed by atoms with Crippen LogP contribution in [0.3, 0.4) is 0 Å². The molecule has 3 atom stereocenters. The summed E-state index contributed by atoms with van der Waals surface area (Å²) in [6.07, 6.45) is 42.9. The number of hydrogen-bond donors (Lipinski definition) is 0. The first-order valence-corrected chi connectivity index (χ1v) is 18.9. The number of aromatic nitrogens is 1. The van der Waals surface area contributed by atoms with Crippen LogP contribution >= 0.6 is 0 Å². The second-order valence-corrected chi connectivity index (χ2v) is 16.1. The van der Waals surface area contributed by atoms with Crippen LogP contribution in [0.1, 0.15) is 89.3 Å². The molecule has 0 bridgehead atoms. The summed E-state index contributed by atoms with van der Waals surface area (Å²) in [6, 6.07) is 9.14. The zero-order valence-electron chi connectivity index (χ0n) is 28.7. The highest BCUT2D eigenvalue weighted by atomic mass is 15.0. The van der Waals surface area contributed by atoms with E-state index in [1.54, 1.807) is 44.6 Å². The third-order valence-corrected chi connectivity index (χ3v) is 13.3. The van der Waals surface area contributed by atoms with E-state index in [2.05, 4.69) is 116 Å². The number of rotatable bonds is 3. The van der Waals surface area contributed by atoms with E-state index in [-0.39, 0.29) is 5.41 Å². The second-order valence-electron chi connectivity index (χ2n) is 16.1. The predicted octanol–water partition coefficient (Wildman–Crippen LogP) is 12.3. The zero-order valence-corrected chi connectivity index (χ0v) is 28.7. The first-order chi connectivity index (χ1) is 23.5. The van der Waals surface area contributed by atoms with Gasteiger partial charge < -0.3 is 4.57 Å². The molecule has 0 aliphatic heterocycles. The van der Waals surface area contributed by atoms with Crippen molar-refractivity contribution in [3.63, 3.8) is 0 Å². The van der Waals surface area contributed by atoms with Gasteiger partial charge in [-0.05, 0) is 156 Å². The van der Waals surface area contributed by atoms with Crippen molar-refractivity contribution in [1.29, 1.82) is 0 Å². The van der Waals surface area contributed by atoms with Crippen molar-refractivity contribution in [2.45, 2.75) is 84.5 Å². The van der Waals surface area contributed by atoms with E-state index < -0.39 is 0 Å². The lowest BCUT2D eigenvalue weighted by Crippen LogP contribution is -2.24. The summed E-state index contributed by atoms with van der Waals surface area (Å²) >= 11 is 0. The van der Waals surface area contributed by atoms with E-state index in [0.717, 1.165) is 12.8 Å². The highest BCUT2D eigenvalue weighted by Gasteiger charge is 2.46. The maximum absolute atomic E-state index is 2.67. The van der Waals surface area contributed by atoms with Gasteiger partial charge >= 0.3 is 0 Å². The minimum atomic E-state index is 0.158. The van der Waals surface area contributed by atoms with Crippen LogP contribution < -0.4 is 0 Å². The molecular formula is C47H47N. The molecule has 1 heteroatoms. The van der Waals surface area contributed by atoms with Gasteiger partial charge in [0.15, 0.2) is 0 Å². The Labute approximate surface area is 286 Å². The molecule has 48 heavy (non-hydrogen) atoms. The molecule has 0 radical (unpaired) electrons. The fourth-order valence-corrected chi connectivity index (χ4v) is 10.6. The standard InChI is InChI=1S/C47H47N/c1-47(2)43-28-36(34-16-15-30-9-3-5-11-32(30)25-34)18-22-39(43)40-23-19-37(29-44(40)47)35-20-24-46-42(27-35)41-13-7-8-14-45(41)48(46)38-21-17-31-10-4-6-12-33(31)26-38/h3,6-9,12-14,18,20-22,24-26,29,31,35,43H,4-5,10-11,15-17,19,23,27-28H2,1-2H3. The van der Waals surface area contributed by atoms with Crippen molar-refractivity contribution in [2.24, 2.45) is 23.2 Å². The van der Waals surface area contributed by atoms with Crippen LogP contribution in [0, 0.1) is 23.2 Å². The summed E-state index contributed by atoms with van der Waals surface area (Å²) in [5.41, 5.74) is 20.3. The fraction of sp³-hybridized carbons (Fsp3) is 0.362. The first kappa shape index (κ1) is 28.9. The van der Waals surface area contributed by atoms with Gasteiger partial charge in [-0.1, -0.05) is 98.4 Å². The topological polar surface area (TPSA) is 4.93 Å². The van der Waals surface area contributed by atoms with Crippen LogP contribution in [0.4, 0.5) is 0 Å². The molecule has 0 saturated heterocycles. The largest absolute Gasteiger partial charge is 0.310 e. The maximum atomic E-state index is 2.67. The summed E-state index contributed by atoms with van der Waals surface area (Å²) in [4.78, 5) is 0. The molecule has 0 amide bonds. The van der Waals surface area contributed by atoms with Crippen molar-refractivity contribution in [3.05, 3.63) is 153 Å². The van der Waals surface area contributed by atoms with E-state index in [0.29, 0.717) is 17.8 Å². The van der Waals surface area contributed by atoms with Crippen LogP contribution in [0.2, 0.25) is 0 Å². The van der Waals surface area contributed by atoms with Crippen molar-refractivity contribution >= 4 is 22.7 Å². The summed E-state index contributed by atoms with van der Waals surface area (Å²) in [5, 5.41) is 1.43. The quantitative estimate of drug-likeness (QED) is 0.320. The third kappa shape index (κ3) is 4.42. The van der Waals surface area contributed by atoms with Crippen LogP contribution in [0.25, 0.3) is 22.7 Å². The van der Waals surface area contributed by atoms with Gasteiger partial charge in [-0.3, -0.25) is 0 Å². The summed E-state index contributed by atoms with van der Waals surface area (Å²) in [6.45, 7) is 5.08. The Balaban J connectivity index is 0.962. The molecule has 2 aromatic rings. The van der Waals surface area contributed by atoms with E-state index >= 15 is 0 Å². The van der Waals surface area contributed by atoms with Crippen LogP contribution in [-0.4, -0.2) is 4.57 Å². The molecule has 0 spiro atoms. The molecule has 0 saturated carbocycles. The fourth-order valence-electron chi connectivity index (χ4n) is 10.6. The predicted molar refractivity (Wildman–Crippen MR) is 202 cm³/mol. The molecule has 240 valence electrons. The molecule has 1 aromatic carbocycles. The van der Waals surface area contributed by atoms with Crippen molar-refractivity contribution in [1.82, 2.24) is 4.57 Å². The van der Waals surface area contributed by atoms with Crippen molar-refractivity contribution < 1.29 is 0 Å². The molecule has 0 N–H and O–H groups in total. The Kier molecular flexibility index (Phi) is 6.59. The number of fused-ring (bicyclic) bond motifs is 6. The maximum Gasteiger partial charge on any atom is 0.0537 e.